The molecule has 2 aromatic carbocycles. The van der Waals surface area contributed by atoms with Gasteiger partial charge in [-0.05, 0) is 54.4 Å². The van der Waals surface area contributed by atoms with Crippen molar-refractivity contribution >= 4 is 23.4 Å². The Hall–Kier alpha value is -2.40. The van der Waals surface area contributed by atoms with Crippen LogP contribution in [0, 0.1) is 11.2 Å². The largest absolute Gasteiger partial charge is 0.355 e. The van der Waals surface area contributed by atoms with Gasteiger partial charge >= 0.3 is 0 Å². The third-order valence-corrected chi connectivity index (χ3v) is 8.66. The minimum atomic E-state index is -0.421. The van der Waals surface area contributed by atoms with Crippen LogP contribution >= 0.6 is 11.6 Å². The van der Waals surface area contributed by atoms with Gasteiger partial charge in [0.05, 0.1) is 5.41 Å². The number of nitrogens with one attached hydrogen (secondary N) is 1. The fraction of sp³-hybridized carbons (Fsp3) is 0.481. The quantitative estimate of drug-likeness (QED) is 0.672. The Labute approximate surface area is 199 Å². The second kappa shape index (κ2) is 8.75. The van der Waals surface area contributed by atoms with Gasteiger partial charge in [0.15, 0.2) is 0 Å². The molecule has 1 spiro atoms. The standard InChI is InChI=1S/C27H30ClFN2O2/c28-23-16-20(29)8-9-21(23)22-18-30-24(32)17-26(22)12-14-31(15-13-26)25(33)27(10-4-5-11-27)19-6-2-1-3-7-19/h1-3,6-9,16,22H,4-5,10-15,17-18H2,(H,30,32)/t22-/m0/s1. The van der Waals surface area contributed by atoms with Gasteiger partial charge in [0.1, 0.15) is 5.82 Å². The van der Waals surface area contributed by atoms with Crippen molar-refractivity contribution < 1.29 is 14.0 Å². The van der Waals surface area contributed by atoms with Crippen LogP contribution in [0.15, 0.2) is 48.5 Å². The maximum absolute atomic E-state index is 13.9. The fourth-order valence-electron chi connectivity index (χ4n) is 6.51. The Morgan fingerprint density at radius 1 is 1.03 bits per heavy atom. The second-order valence-corrected chi connectivity index (χ2v) is 10.4. The first-order valence-corrected chi connectivity index (χ1v) is 12.4. The zero-order valence-electron chi connectivity index (χ0n) is 18.8. The van der Waals surface area contributed by atoms with E-state index in [9.17, 15) is 14.0 Å². The van der Waals surface area contributed by atoms with Gasteiger partial charge < -0.3 is 10.2 Å². The highest BCUT2D eigenvalue weighted by atomic mass is 35.5. The maximum atomic E-state index is 13.9. The van der Waals surface area contributed by atoms with E-state index in [1.807, 2.05) is 23.1 Å². The summed E-state index contributed by atoms with van der Waals surface area (Å²) in [5.41, 5.74) is 1.32. The lowest BCUT2D eigenvalue weighted by molar-refractivity contribution is -0.141. The number of rotatable bonds is 3. The molecular weight excluding hydrogens is 439 g/mol. The van der Waals surface area contributed by atoms with Crippen LogP contribution in [-0.4, -0.2) is 36.3 Å². The molecule has 1 saturated carbocycles. The van der Waals surface area contributed by atoms with Crippen molar-refractivity contribution in [3.63, 3.8) is 0 Å². The Morgan fingerprint density at radius 3 is 2.39 bits per heavy atom. The van der Waals surface area contributed by atoms with Crippen LogP contribution in [0.1, 0.15) is 62.0 Å². The van der Waals surface area contributed by atoms with Gasteiger partial charge in [0, 0.05) is 37.0 Å². The zero-order chi connectivity index (χ0) is 23.1. The average molecular weight is 469 g/mol. The second-order valence-electron chi connectivity index (χ2n) is 10.0. The van der Waals surface area contributed by atoms with Crippen LogP contribution in [0.3, 0.4) is 0 Å². The van der Waals surface area contributed by atoms with E-state index in [4.69, 9.17) is 11.6 Å². The van der Waals surface area contributed by atoms with E-state index in [1.54, 1.807) is 6.07 Å². The lowest BCUT2D eigenvalue weighted by Gasteiger charge is -2.50. The number of amides is 2. The smallest absolute Gasteiger partial charge is 0.233 e. The molecule has 1 N–H and O–H groups in total. The van der Waals surface area contributed by atoms with Gasteiger partial charge in [0.2, 0.25) is 11.8 Å². The molecule has 5 rings (SSSR count). The number of piperidine rings is 2. The number of likely N-dealkylation sites (tertiary alicyclic amines) is 1. The molecule has 0 unspecified atom stereocenters. The molecule has 0 bridgehead atoms. The SMILES string of the molecule is O=C1CC2(CCN(C(=O)C3(c4ccccc4)CCCC3)CC2)[C@H](c2ccc(F)cc2Cl)CN1. The summed E-state index contributed by atoms with van der Waals surface area (Å²) in [6, 6.07) is 14.8. The van der Waals surface area contributed by atoms with Crippen molar-refractivity contribution in [1.29, 1.82) is 0 Å². The molecule has 1 aliphatic carbocycles. The summed E-state index contributed by atoms with van der Waals surface area (Å²) in [6.07, 6.45) is 5.84. The number of benzene rings is 2. The molecule has 2 amide bonds. The first-order chi connectivity index (χ1) is 15.9. The molecule has 33 heavy (non-hydrogen) atoms. The Bertz CT molecular complexity index is 1040. The van der Waals surface area contributed by atoms with E-state index in [0.29, 0.717) is 31.1 Å². The molecule has 3 aliphatic rings. The molecule has 2 heterocycles. The van der Waals surface area contributed by atoms with Crippen molar-refractivity contribution in [2.75, 3.05) is 19.6 Å². The summed E-state index contributed by atoms with van der Waals surface area (Å²) in [4.78, 5) is 28.3. The molecule has 6 heteroatoms. The number of hydrogen-bond acceptors (Lipinski definition) is 2. The van der Waals surface area contributed by atoms with Gasteiger partial charge in [-0.3, -0.25) is 9.59 Å². The Kier molecular flexibility index (Phi) is 5.94. The van der Waals surface area contributed by atoms with Crippen LogP contribution in [0.25, 0.3) is 0 Å². The molecule has 174 valence electrons. The van der Waals surface area contributed by atoms with Crippen molar-refractivity contribution in [1.82, 2.24) is 10.2 Å². The van der Waals surface area contributed by atoms with E-state index in [0.717, 1.165) is 49.7 Å². The molecular formula is C27H30ClFN2O2. The first kappa shape index (κ1) is 22.4. The van der Waals surface area contributed by atoms with Crippen LogP contribution in [0.4, 0.5) is 4.39 Å². The van der Waals surface area contributed by atoms with Crippen molar-refractivity contribution in [3.05, 3.63) is 70.5 Å². The van der Waals surface area contributed by atoms with E-state index in [1.165, 1.54) is 12.1 Å². The summed E-state index contributed by atoms with van der Waals surface area (Å²) >= 11 is 6.44. The minimum Gasteiger partial charge on any atom is -0.355 e. The van der Waals surface area contributed by atoms with Crippen molar-refractivity contribution in [2.24, 2.45) is 5.41 Å². The van der Waals surface area contributed by atoms with Gasteiger partial charge in [-0.15, -0.1) is 0 Å². The topological polar surface area (TPSA) is 49.4 Å². The summed E-state index contributed by atoms with van der Waals surface area (Å²) in [5, 5.41) is 3.38. The van der Waals surface area contributed by atoms with Gasteiger partial charge in [-0.2, -0.15) is 0 Å². The fourth-order valence-corrected chi connectivity index (χ4v) is 6.81. The molecule has 0 radical (unpaired) electrons. The number of halogens is 2. The monoisotopic (exact) mass is 468 g/mol. The molecule has 3 fully saturated rings. The molecule has 4 nitrogen and oxygen atoms in total. The molecule has 0 aromatic heterocycles. The van der Waals surface area contributed by atoms with E-state index in [-0.39, 0.29) is 29.0 Å². The Balaban J connectivity index is 1.39. The van der Waals surface area contributed by atoms with Gasteiger partial charge in [0.25, 0.3) is 0 Å². The molecule has 2 aromatic rings. The highest BCUT2D eigenvalue weighted by Crippen LogP contribution is 2.51. The maximum Gasteiger partial charge on any atom is 0.233 e. The van der Waals surface area contributed by atoms with Gasteiger partial charge in [-0.25, -0.2) is 4.39 Å². The summed E-state index contributed by atoms with van der Waals surface area (Å²) < 4.78 is 13.7. The van der Waals surface area contributed by atoms with Crippen LogP contribution < -0.4 is 5.32 Å². The predicted octanol–water partition coefficient (Wildman–Crippen LogP) is 5.20. The lowest BCUT2D eigenvalue weighted by Crippen LogP contribution is -2.55. The molecule has 2 aliphatic heterocycles. The minimum absolute atomic E-state index is 0.00937. The molecule has 2 saturated heterocycles. The number of carbonyl (C=O) groups excluding carboxylic acids is 2. The number of carbonyl (C=O) groups is 2. The highest BCUT2D eigenvalue weighted by Gasteiger charge is 2.50. The third-order valence-electron chi connectivity index (χ3n) is 8.33. The summed E-state index contributed by atoms with van der Waals surface area (Å²) in [7, 11) is 0. The third kappa shape index (κ3) is 3.95. The zero-order valence-corrected chi connectivity index (χ0v) is 19.5. The summed E-state index contributed by atoms with van der Waals surface area (Å²) in [5.74, 6) is -0.0746. The van der Waals surface area contributed by atoms with Crippen LogP contribution in [-0.2, 0) is 15.0 Å². The first-order valence-electron chi connectivity index (χ1n) is 12.0. The normalized spacial score (nSPS) is 24.0. The Morgan fingerprint density at radius 2 is 1.73 bits per heavy atom. The number of hydrogen-bond donors (Lipinski definition) is 1. The summed E-state index contributed by atoms with van der Waals surface area (Å²) in [6.45, 7) is 1.76. The van der Waals surface area contributed by atoms with Crippen molar-refractivity contribution in [2.45, 2.75) is 56.3 Å². The highest BCUT2D eigenvalue weighted by molar-refractivity contribution is 6.31. The number of nitrogens with zero attached hydrogens (tertiary/aromatic N) is 1. The van der Waals surface area contributed by atoms with Crippen molar-refractivity contribution in [3.8, 4) is 0 Å². The predicted molar refractivity (Wildman–Crippen MR) is 127 cm³/mol. The van der Waals surface area contributed by atoms with Crippen LogP contribution in [0.2, 0.25) is 5.02 Å². The van der Waals surface area contributed by atoms with E-state index < -0.39 is 5.41 Å². The van der Waals surface area contributed by atoms with Crippen LogP contribution in [0.5, 0.6) is 0 Å². The van der Waals surface area contributed by atoms with E-state index >= 15 is 0 Å². The van der Waals surface area contributed by atoms with E-state index in [2.05, 4.69) is 17.4 Å². The molecule has 1 atom stereocenters. The van der Waals surface area contributed by atoms with Gasteiger partial charge in [-0.1, -0.05) is 60.8 Å². The lowest BCUT2D eigenvalue weighted by atomic mass is 9.62. The average Bonchev–Trinajstić information content (AvgIpc) is 3.32.